The van der Waals surface area contributed by atoms with E-state index in [-0.39, 0.29) is 11.3 Å². The molecular weight excluding hydrogens is 596 g/mol. The van der Waals surface area contributed by atoms with Crippen molar-refractivity contribution in [2.45, 2.75) is 60.7 Å². The fraction of sp³-hybridized carbons (Fsp3) is 0.441. The van der Waals surface area contributed by atoms with Crippen molar-refractivity contribution < 1.29 is 40.4 Å². The maximum Gasteiger partial charge on any atom is 0.573 e. The van der Waals surface area contributed by atoms with E-state index in [1.54, 1.807) is 30.9 Å². The quantitative estimate of drug-likeness (QED) is 0.183. The molecule has 0 aromatic heterocycles. The molecular formula is C34H40F6N3O2+. The van der Waals surface area contributed by atoms with Gasteiger partial charge in [-0.1, -0.05) is 6.07 Å². The molecule has 0 radical (unpaired) electrons. The summed E-state index contributed by atoms with van der Waals surface area (Å²) in [6, 6.07) is 7.88. The van der Waals surface area contributed by atoms with Gasteiger partial charge in [-0.25, -0.2) is 4.58 Å². The van der Waals surface area contributed by atoms with Gasteiger partial charge in [0.1, 0.15) is 24.6 Å². The van der Waals surface area contributed by atoms with Crippen LogP contribution in [0.25, 0.3) is 5.57 Å². The standard InChI is InChI=1S/C34H40F6N3O2/c1-7-41(8-2)24-13-15-27-22(18-24)17-23-19-25(42(9-3)10-4)14-16-28(23)31(27)32-29(44-33(35,36)37)20-26(43(11-5)12-6)21-30(32)45-34(38,39)40/h13-16,18-21H,7-12,17H2,1-6H3/q+1. The highest BCUT2D eigenvalue weighted by Crippen LogP contribution is 2.50. The van der Waals surface area contributed by atoms with E-state index in [0.717, 1.165) is 60.8 Å². The molecule has 0 bridgehead atoms. The molecule has 0 spiro atoms. The maximum absolute atomic E-state index is 14.0. The Labute approximate surface area is 260 Å². The molecule has 45 heavy (non-hydrogen) atoms. The molecule has 0 atom stereocenters. The first kappa shape index (κ1) is 34.0. The van der Waals surface area contributed by atoms with E-state index in [9.17, 15) is 26.3 Å². The van der Waals surface area contributed by atoms with E-state index < -0.39 is 29.8 Å². The van der Waals surface area contributed by atoms with Gasteiger partial charge >= 0.3 is 12.7 Å². The van der Waals surface area contributed by atoms with Crippen LogP contribution in [-0.4, -0.2) is 62.3 Å². The Bertz CT molecular complexity index is 1480. The van der Waals surface area contributed by atoms with E-state index in [0.29, 0.717) is 30.6 Å². The van der Waals surface area contributed by atoms with E-state index in [1.165, 1.54) is 0 Å². The number of hydrogen-bond donors (Lipinski definition) is 0. The Morgan fingerprint density at radius 1 is 0.711 bits per heavy atom. The van der Waals surface area contributed by atoms with Gasteiger partial charge in [-0.2, -0.15) is 0 Å². The Hall–Kier alpha value is -3.89. The third-order valence-electron chi connectivity index (χ3n) is 8.24. The number of allylic oxidation sites excluding steroid dienone is 5. The zero-order valence-corrected chi connectivity index (χ0v) is 26.5. The average molecular weight is 637 g/mol. The highest BCUT2D eigenvalue weighted by molar-refractivity contribution is 6.06. The molecule has 11 heteroatoms. The van der Waals surface area contributed by atoms with Crippen LogP contribution >= 0.6 is 0 Å². The molecule has 0 N–H and O–H groups in total. The summed E-state index contributed by atoms with van der Waals surface area (Å²) in [5.41, 5.74) is 4.32. The Morgan fingerprint density at radius 3 is 1.73 bits per heavy atom. The minimum absolute atomic E-state index is 0.118. The molecule has 0 saturated carbocycles. The number of halogens is 6. The van der Waals surface area contributed by atoms with Crippen LogP contribution in [-0.2, 0) is 6.42 Å². The largest absolute Gasteiger partial charge is 0.573 e. The molecule has 2 aliphatic carbocycles. The molecule has 0 heterocycles. The first-order chi connectivity index (χ1) is 21.3. The van der Waals surface area contributed by atoms with Crippen molar-refractivity contribution >= 4 is 22.7 Å². The van der Waals surface area contributed by atoms with Crippen LogP contribution in [0.3, 0.4) is 0 Å². The lowest BCUT2D eigenvalue weighted by Gasteiger charge is -2.31. The van der Waals surface area contributed by atoms with Crippen LogP contribution in [0, 0.1) is 0 Å². The van der Waals surface area contributed by atoms with E-state index in [4.69, 9.17) is 0 Å². The van der Waals surface area contributed by atoms with Gasteiger partial charge in [0.25, 0.3) is 0 Å². The second-order valence-electron chi connectivity index (χ2n) is 10.7. The van der Waals surface area contributed by atoms with Crippen molar-refractivity contribution in [3.63, 3.8) is 0 Å². The molecule has 0 aliphatic heterocycles. The van der Waals surface area contributed by atoms with Gasteiger partial charge in [-0.15, -0.1) is 26.3 Å². The summed E-state index contributed by atoms with van der Waals surface area (Å²) in [5, 5.41) is 0. The summed E-state index contributed by atoms with van der Waals surface area (Å²) in [6.45, 7) is 15.2. The normalized spacial score (nSPS) is 14.6. The van der Waals surface area contributed by atoms with Gasteiger partial charge in [0, 0.05) is 67.4 Å². The predicted molar refractivity (Wildman–Crippen MR) is 167 cm³/mol. The molecule has 5 nitrogen and oxygen atoms in total. The Kier molecular flexibility index (Phi) is 10.3. The SMILES string of the molecule is CCN(CC)c1ccc2c(c1)CC1=CC(=[N+](CC)CC)C=CC1=C2c1c(OC(F)(F)F)cc(N(CC)CC)cc1OC(F)(F)F. The number of hydrogen-bond acceptors (Lipinski definition) is 4. The zero-order chi connectivity index (χ0) is 33.1. The van der Waals surface area contributed by atoms with Gasteiger partial charge in [-0.3, -0.25) is 0 Å². The third kappa shape index (κ3) is 7.50. The van der Waals surface area contributed by atoms with Crippen LogP contribution < -0.4 is 19.3 Å². The summed E-state index contributed by atoms with van der Waals surface area (Å²) < 4.78 is 95.0. The summed E-state index contributed by atoms with van der Waals surface area (Å²) in [7, 11) is 0. The average Bonchev–Trinajstić information content (AvgIpc) is 2.96. The van der Waals surface area contributed by atoms with Gasteiger partial charge < -0.3 is 19.3 Å². The maximum atomic E-state index is 14.0. The lowest BCUT2D eigenvalue weighted by Crippen LogP contribution is -2.25. The molecule has 244 valence electrons. The fourth-order valence-corrected chi connectivity index (χ4v) is 6.14. The number of ether oxygens (including phenoxy) is 2. The first-order valence-electron chi connectivity index (χ1n) is 15.3. The topological polar surface area (TPSA) is 27.9 Å². The minimum Gasteiger partial charge on any atom is -0.405 e. The summed E-state index contributed by atoms with van der Waals surface area (Å²) in [6.07, 6.45) is -4.32. The van der Waals surface area contributed by atoms with E-state index in [2.05, 4.69) is 18.9 Å². The zero-order valence-electron chi connectivity index (χ0n) is 26.5. The second-order valence-corrected chi connectivity index (χ2v) is 10.7. The smallest absolute Gasteiger partial charge is 0.405 e. The number of alkyl halides is 6. The van der Waals surface area contributed by atoms with Gasteiger partial charge in [0.15, 0.2) is 5.71 Å². The van der Waals surface area contributed by atoms with Crippen molar-refractivity contribution in [1.82, 2.24) is 0 Å². The number of benzene rings is 2. The van der Waals surface area contributed by atoms with Gasteiger partial charge in [0.2, 0.25) is 0 Å². The molecule has 0 saturated heterocycles. The van der Waals surface area contributed by atoms with E-state index >= 15 is 0 Å². The number of fused-ring (bicyclic) bond motifs is 2. The number of nitrogens with zero attached hydrogens (tertiary/aromatic N) is 3. The van der Waals surface area contributed by atoms with Crippen LogP contribution in [0.5, 0.6) is 11.5 Å². The molecule has 2 aliphatic rings. The van der Waals surface area contributed by atoms with Crippen LogP contribution in [0.2, 0.25) is 0 Å². The van der Waals surface area contributed by atoms with Crippen LogP contribution in [0.1, 0.15) is 58.2 Å². The monoisotopic (exact) mass is 636 g/mol. The van der Waals surface area contributed by atoms with Gasteiger partial charge in [0.05, 0.1) is 5.56 Å². The molecule has 2 aromatic rings. The number of anilines is 2. The summed E-state index contributed by atoms with van der Waals surface area (Å²) >= 11 is 0. The fourth-order valence-electron chi connectivity index (χ4n) is 6.14. The minimum atomic E-state index is -5.17. The number of rotatable bonds is 11. The Morgan fingerprint density at radius 2 is 1.24 bits per heavy atom. The van der Waals surface area contributed by atoms with E-state index in [1.807, 2.05) is 52.0 Å². The lowest BCUT2D eigenvalue weighted by molar-refractivity contribution is -0.519. The second kappa shape index (κ2) is 13.6. The van der Waals surface area contributed by atoms with Crippen molar-refractivity contribution in [2.24, 2.45) is 0 Å². The molecule has 4 rings (SSSR count). The Balaban J connectivity index is 2.14. The van der Waals surface area contributed by atoms with Crippen molar-refractivity contribution in [3.05, 3.63) is 76.4 Å². The van der Waals surface area contributed by atoms with Crippen molar-refractivity contribution in [3.8, 4) is 11.5 Å². The van der Waals surface area contributed by atoms with Gasteiger partial charge in [-0.05, 0) is 88.4 Å². The highest BCUT2D eigenvalue weighted by Gasteiger charge is 2.39. The predicted octanol–water partition coefficient (Wildman–Crippen LogP) is 8.52. The van der Waals surface area contributed by atoms with Crippen LogP contribution in [0.4, 0.5) is 37.7 Å². The summed E-state index contributed by atoms with van der Waals surface area (Å²) in [5.74, 6) is -1.53. The molecule has 0 amide bonds. The van der Waals surface area contributed by atoms with Crippen molar-refractivity contribution in [2.75, 3.05) is 49.1 Å². The first-order valence-corrected chi connectivity index (χ1v) is 15.3. The highest BCUT2D eigenvalue weighted by atomic mass is 19.4. The lowest BCUT2D eigenvalue weighted by atomic mass is 9.76. The van der Waals surface area contributed by atoms with Crippen molar-refractivity contribution in [1.29, 1.82) is 0 Å². The molecule has 0 unspecified atom stereocenters. The van der Waals surface area contributed by atoms with Crippen LogP contribution in [0.15, 0.2) is 59.7 Å². The molecule has 0 fully saturated rings. The molecule has 2 aromatic carbocycles. The summed E-state index contributed by atoms with van der Waals surface area (Å²) in [4.78, 5) is 3.77. The third-order valence-corrected chi connectivity index (χ3v) is 8.24.